The number of hydrogen-bond acceptors (Lipinski definition) is 5. The van der Waals surface area contributed by atoms with Gasteiger partial charge in [-0.3, -0.25) is 9.59 Å². The van der Waals surface area contributed by atoms with Crippen LogP contribution in [0.15, 0.2) is 36.5 Å². The van der Waals surface area contributed by atoms with Gasteiger partial charge in [-0.05, 0) is 25.0 Å². The molecule has 1 aliphatic carbocycles. The summed E-state index contributed by atoms with van der Waals surface area (Å²) in [7, 11) is 0. The van der Waals surface area contributed by atoms with Crippen LogP contribution in [0, 0.1) is 0 Å². The van der Waals surface area contributed by atoms with Crippen molar-refractivity contribution in [3.8, 4) is 0 Å². The molecule has 2 rings (SSSR count). The van der Waals surface area contributed by atoms with Gasteiger partial charge >= 0.3 is 12.1 Å². The number of amides is 1. The van der Waals surface area contributed by atoms with Crippen molar-refractivity contribution >= 4 is 23.3 Å². The minimum Gasteiger partial charge on any atom is -0.452 e. The minimum atomic E-state index is -4.97. The number of carbonyl (C=O) groups excluding carboxylic acids is 3. The number of halogens is 3. The van der Waals surface area contributed by atoms with Gasteiger partial charge in [0.05, 0.1) is 11.3 Å². The number of nitrogens with one attached hydrogen (secondary N) is 2. The molecule has 0 atom stereocenters. The number of allylic oxidation sites excluding steroid dienone is 1. The highest BCUT2D eigenvalue weighted by molar-refractivity contribution is 5.97. The SMILES string of the molecule is O=C(COC(=O)c1ccccc1NC=CC(=O)C(F)(F)F)NC1CCCCC1. The molecule has 0 unspecified atom stereocenters. The Morgan fingerprint density at radius 3 is 2.46 bits per heavy atom. The van der Waals surface area contributed by atoms with Crippen LogP contribution in [0.4, 0.5) is 18.9 Å². The summed E-state index contributed by atoms with van der Waals surface area (Å²) in [4.78, 5) is 34.9. The van der Waals surface area contributed by atoms with E-state index in [-0.39, 0.29) is 17.3 Å². The lowest BCUT2D eigenvalue weighted by Crippen LogP contribution is -2.38. The molecule has 1 fully saturated rings. The van der Waals surface area contributed by atoms with Crippen molar-refractivity contribution in [2.24, 2.45) is 0 Å². The average molecular weight is 398 g/mol. The zero-order valence-corrected chi connectivity index (χ0v) is 15.1. The Hall–Kier alpha value is -2.84. The highest BCUT2D eigenvalue weighted by Crippen LogP contribution is 2.19. The number of para-hydroxylation sites is 1. The first kappa shape index (κ1) is 21.5. The molecule has 2 N–H and O–H groups in total. The van der Waals surface area contributed by atoms with E-state index in [9.17, 15) is 27.6 Å². The number of anilines is 1. The number of ketones is 1. The van der Waals surface area contributed by atoms with E-state index in [2.05, 4.69) is 10.6 Å². The van der Waals surface area contributed by atoms with E-state index in [0.717, 1.165) is 38.3 Å². The summed E-state index contributed by atoms with van der Waals surface area (Å²) >= 11 is 0. The Bertz CT molecular complexity index is 741. The number of ether oxygens (including phenoxy) is 1. The van der Waals surface area contributed by atoms with E-state index in [1.54, 1.807) is 6.07 Å². The molecular formula is C19H21F3N2O4. The van der Waals surface area contributed by atoms with Crippen LogP contribution in [0.3, 0.4) is 0 Å². The molecule has 0 aliphatic heterocycles. The lowest BCUT2D eigenvalue weighted by atomic mass is 9.95. The van der Waals surface area contributed by atoms with Crippen LogP contribution in [0.25, 0.3) is 0 Å². The first-order chi connectivity index (χ1) is 13.3. The number of esters is 1. The first-order valence-corrected chi connectivity index (χ1v) is 8.87. The smallest absolute Gasteiger partial charge is 0.452 e. The second-order valence-corrected chi connectivity index (χ2v) is 6.36. The molecule has 9 heteroatoms. The molecule has 28 heavy (non-hydrogen) atoms. The topological polar surface area (TPSA) is 84.5 Å². The van der Waals surface area contributed by atoms with Gasteiger partial charge in [-0.15, -0.1) is 0 Å². The van der Waals surface area contributed by atoms with Gasteiger partial charge in [0.2, 0.25) is 0 Å². The normalized spacial score (nSPS) is 15.2. The van der Waals surface area contributed by atoms with Crippen molar-refractivity contribution in [2.75, 3.05) is 11.9 Å². The van der Waals surface area contributed by atoms with Gasteiger partial charge in [-0.1, -0.05) is 31.4 Å². The molecule has 152 valence electrons. The number of benzene rings is 1. The molecule has 1 aliphatic rings. The van der Waals surface area contributed by atoms with Gasteiger partial charge in [0.15, 0.2) is 6.61 Å². The zero-order valence-electron chi connectivity index (χ0n) is 15.1. The molecule has 6 nitrogen and oxygen atoms in total. The monoisotopic (exact) mass is 398 g/mol. The highest BCUT2D eigenvalue weighted by Gasteiger charge is 2.36. The standard InChI is InChI=1S/C19H21F3N2O4/c20-19(21,22)16(25)10-11-23-15-9-5-4-8-14(15)18(27)28-12-17(26)24-13-6-2-1-3-7-13/h4-5,8-11,13,23H,1-3,6-7,12H2,(H,24,26). The maximum absolute atomic E-state index is 12.2. The van der Waals surface area contributed by atoms with Gasteiger partial charge < -0.3 is 15.4 Å². The second-order valence-electron chi connectivity index (χ2n) is 6.36. The Balaban J connectivity index is 1.90. The van der Waals surface area contributed by atoms with E-state index in [4.69, 9.17) is 4.74 Å². The Morgan fingerprint density at radius 2 is 1.79 bits per heavy atom. The molecule has 0 bridgehead atoms. The van der Waals surface area contributed by atoms with Crippen LogP contribution < -0.4 is 10.6 Å². The largest absolute Gasteiger partial charge is 0.454 e. The highest BCUT2D eigenvalue weighted by atomic mass is 19.4. The summed E-state index contributed by atoms with van der Waals surface area (Å²) in [5.41, 5.74) is 0.170. The second kappa shape index (κ2) is 9.91. The summed E-state index contributed by atoms with van der Waals surface area (Å²) < 4.78 is 41.5. The molecule has 1 amide bonds. The van der Waals surface area contributed by atoms with Crippen LogP contribution in [0.5, 0.6) is 0 Å². The van der Waals surface area contributed by atoms with Crippen molar-refractivity contribution in [3.05, 3.63) is 42.1 Å². The van der Waals surface area contributed by atoms with E-state index in [1.807, 2.05) is 0 Å². The molecular weight excluding hydrogens is 377 g/mol. The van der Waals surface area contributed by atoms with Crippen LogP contribution in [-0.2, 0) is 14.3 Å². The van der Waals surface area contributed by atoms with Gasteiger partial charge in [-0.2, -0.15) is 13.2 Å². The quantitative estimate of drug-likeness (QED) is 0.544. The summed E-state index contributed by atoms with van der Waals surface area (Å²) in [6, 6.07) is 6.00. The Morgan fingerprint density at radius 1 is 1.11 bits per heavy atom. The third-order valence-electron chi connectivity index (χ3n) is 4.20. The molecule has 0 saturated heterocycles. The van der Waals surface area contributed by atoms with Crippen LogP contribution in [0.1, 0.15) is 42.5 Å². The van der Waals surface area contributed by atoms with Crippen molar-refractivity contribution in [1.82, 2.24) is 5.32 Å². The van der Waals surface area contributed by atoms with Crippen LogP contribution in [-0.4, -0.2) is 36.5 Å². The van der Waals surface area contributed by atoms with Gasteiger partial charge in [-0.25, -0.2) is 4.79 Å². The Labute approximate surface area is 160 Å². The molecule has 0 radical (unpaired) electrons. The maximum Gasteiger partial charge on any atom is 0.454 e. The number of carbonyl (C=O) groups is 3. The van der Waals surface area contributed by atoms with Crippen LogP contribution >= 0.6 is 0 Å². The third kappa shape index (κ3) is 6.71. The predicted octanol–water partition coefficient (Wildman–Crippen LogP) is 3.35. The molecule has 1 aromatic rings. The summed E-state index contributed by atoms with van der Waals surface area (Å²) in [6.07, 6.45) is 1.18. The van der Waals surface area contributed by atoms with E-state index >= 15 is 0 Å². The minimum absolute atomic E-state index is 0.0251. The van der Waals surface area contributed by atoms with Gasteiger partial charge in [0.1, 0.15) is 0 Å². The molecule has 0 heterocycles. The maximum atomic E-state index is 12.2. The van der Waals surface area contributed by atoms with Crippen molar-refractivity contribution in [2.45, 2.75) is 44.3 Å². The van der Waals surface area contributed by atoms with E-state index in [1.165, 1.54) is 18.2 Å². The molecule has 0 aromatic heterocycles. The van der Waals surface area contributed by atoms with E-state index < -0.39 is 30.4 Å². The van der Waals surface area contributed by atoms with Crippen molar-refractivity contribution in [1.29, 1.82) is 0 Å². The number of hydrogen-bond donors (Lipinski definition) is 2. The lowest BCUT2D eigenvalue weighted by Gasteiger charge is -2.22. The fourth-order valence-electron chi connectivity index (χ4n) is 2.81. The van der Waals surface area contributed by atoms with Crippen molar-refractivity contribution in [3.63, 3.8) is 0 Å². The van der Waals surface area contributed by atoms with Crippen molar-refractivity contribution < 1.29 is 32.3 Å². The number of alkyl halides is 3. The summed E-state index contributed by atoms with van der Waals surface area (Å²) in [6.45, 7) is -0.452. The predicted molar refractivity (Wildman–Crippen MR) is 95.6 cm³/mol. The zero-order chi connectivity index (χ0) is 20.6. The fraction of sp³-hybridized carbons (Fsp3) is 0.421. The fourth-order valence-corrected chi connectivity index (χ4v) is 2.81. The molecule has 1 aromatic carbocycles. The first-order valence-electron chi connectivity index (χ1n) is 8.87. The lowest BCUT2D eigenvalue weighted by molar-refractivity contribution is -0.165. The van der Waals surface area contributed by atoms with Gasteiger partial charge in [0.25, 0.3) is 11.7 Å². The van der Waals surface area contributed by atoms with Gasteiger partial charge in [0, 0.05) is 18.3 Å². The van der Waals surface area contributed by atoms with E-state index in [0.29, 0.717) is 6.08 Å². The summed E-state index contributed by atoms with van der Waals surface area (Å²) in [5.74, 6) is -3.24. The van der Waals surface area contributed by atoms with Crippen LogP contribution in [0.2, 0.25) is 0 Å². The average Bonchev–Trinajstić information content (AvgIpc) is 2.66. The molecule has 1 saturated carbocycles. The summed E-state index contributed by atoms with van der Waals surface area (Å²) in [5, 5.41) is 5.26. The number of rotatable bonds is 7. The molecule has 0 spiro atoms. The third-order valence-corrected chi connectivity index (χ3v) is 4.20. The Kier molecular flexibility index (Phi) is 7.60.